The number of hydrogen-bond acceptors (Lipinski definition) is 30. The Morgan fingerprint density at radius 2 is 1.53 bits per heavy atom. The van der Waals surface area contributed by atoms with Gasteiger partial charge in [0.15, 0.2) is 12.6 Å². The fourth-order valence-electron chi connectivity index (χ4n) is 9.10. The zero-order valence-electron chi connectivity index (χ0n) is 49.0. The Morgan fingerprint density at radius 3 is 2.17 bits per heavy atom. The van der Waals surface area contributed by atoms with Crippen LogP contribution in [0.15, 0.2) is 23.3 Å². The second kappa shape index (κ2) is 32.0. The maximum atomic E-state index is 15.1. The number of anilines is 1. The van der Waals surface area contributed by atoms with Crippen LogP contribution >= 0.6 is 22.7 Å². The summed E-state index contributed by atoms with van der Waals surface area (Å²) in [6.45, 7) is 4.91. The number of nitrogens with zero attached hydrogens (tertiary/aromatic N) is 5. The lowest BCUT2D eigenvalue weighted by atomic mass is 9.96. The third-order valence-corrected chi connectivity index (χ3v) is 16.2. The number of carbonyl (C=O) groups excluding carboxylic acids is 7. The molecule has 4 aromatic heterocycles. The number of ether oxygens (including phenoxy) is 4. The number of primary amides is 2. The van der Waals surface area contributed by atoms with Gasteiger partial charge in [-0.2, -0.15) is 0 Å². The summed E-state index contributed by atoms with van der Waals surface area (Å²) in [5.74, 6) is -8.97. The normalized spacial score (nSPS) is 24.8. The molecule has 39 heteroatoms. The highest BCUT2D eigenvalue weighted by atomic mass is 32.1. The second-order valence-electron chi connectivity index (χ2n) is 21.3. The predicted molar refractivity (Wildman–Crippen MR) is 312 cm³/mol. The van der Waals surface area contributed by atoms with Gasteiger partial charge in [-0.05, 0) is 27.7 Å². The maximum absolute atomic E-state index is 15.1. The van der Waals surface area contributed by atoms with Crippen LogP contribution in [0, 0.1) is 18.3 Å². The standard InChI is InChI=1S/C51H76N18O19S2/c1-16-30(66-43(69-41(16)56)22(8-28(55)72)60-9-21(52)42(57)79)47(83)68-32(39(23-10-58-15-62-23)87-51-40(37(77)35(75)26(12-70)86-51)88-50-38(78)36(76)34(74)20(5)85-50)48(84)63-18(3)33(73)17(2)44(80)67-31(19(4)71)46(82)59-7-6-29-64-25(14-89-29)49-65-24(13-90-49)45(81)61-11-27(53)54/h10,13-15,17-22,26,31-40,50-51,60,70-71,73-78H,6-9,11-12,52H2,1-5H3,(H3,53,54)(H2,55,72)(H2,57,79)(H,58,62)(H,59,82)(H,61,81)(H,63,84)(H,67,80)(H,68,83)(H2,56,66,69)/t17-,18+,19+,20?,21-,22-,26?,31-,32-,33-,34+,35+,36?,37?,38?,39-,40?,50+,51-/m0/s1. The van der Waals surface area contributed by atoms with Crippen molar-refractivity contribution < 1.29 is 93.4 Å². The number of imidazole rings is 1. The van der Waals surface area contributed by atoms with Crippen molar-refractivity contribution >= 4 is 75.7 Å². The van der Waals surface area contributed by atoms with E-state index >= 15 is 4.79 Å². The van der Waals surface area contributed by atoms with Crippen molar-refractivity contribution in [1.29, 1.82) is 5.41 Å². The van der Waals surface area contributed by atoms with E-state index < -0.39 is 176 Å². The average molecular weight is 1310 g/mol. The minimum atomic E-state index is -2.12. The fourth-order valence-corrected chi connectivity index (χ4v) is 10.7. The molecule has 6 rings (SSSR count). The monoisotopic (exact) mass is 1310 g/mol. The first-order valence-electron chi connectivity index (χ1n) is 27.8. The number of carbonyl (C=O) groups is 7. The van der Waals surface area contributed by atoms with Gasteiger partial charge >= 0.3 is 0 Å². The number of nitrogens with two attached hydrogens (primary N) is 5. The van der Waals surface area contributed by atoms with Gasteiger partial charge in [0, 0.05) is 42.3 Å². The van der Waals surface area contributed by atoms with Gasteiger partial charge in [-0.3, -0.25) is 39.0 Å². The number of amidine groups is 1. The van der Waals surface area contributed by atoms with Crippen LogP contribution in [0.3, 0.4) is 0 Å². The van der Waals surface area contributed by atoms with E-state index in [-0.39, 0.29) is 60.5 Å². The number of aromatic amines is 1. The van der Waals surface area contributed by atoms with Gasteiger partial charge in [0.2, 0.25) is 29.5 Å². The molecule has 26 N–H and O–H groups in total. The van der Waals surface area contributed by atoms with Crippen LogP contribution in [-0.2, 0) is 49.3 Å². The van der Waals surface area contributed by atoms with Crippen LogP contribution in [-0.4, -0.2) is 242 Å². The summed E-state index contributed by atoms with van der Waals surface area (Å²) in [5.41, 5.74) is 28.0. The Morgan fingerprint density at radius 1 is 0.822 bits per heavy atom. The highest BCUT2D eigenvalue weighted by Gasteiger charge is 2.52. The number of nitrogen functional groups attached to an aromatic ring is 1. The fraction of sp³-hybridized carbons (Fsp3) is 0.588. The van der Waals surface area contributed by atoms with Crippen molar-refractivity contribution in [2.24, 2.45) is 28.9 Å². The summed E-state index contributed by atoms with van der Waals surface area (Å²) in [6.07, 6.45) is -21.6. The van der Waals surface area contributed by atoms with E-state index in [9.17, 15) is 69.6 Å². The van der Waals surface area contributed by atoms with Crippen LogP contribution in [0.1, 0.15) is 89.3 Å². The molecule has 0 aromatic carbocycles. The molecule has 0 spiro atoms. The summed E-state index contributed by atoms with van der Waals surface area (Å²) in [6, 6.07) is -7.71. The van der Waals surface area contributed by atoms with E-state index in [0.29, 0.717) is 15.7 Å². The lowest BCUT2D eigenvalue weighted by molar-refractivity contribution is -0.370. The predicted octanol–water partition coefficient (Wildman–Crippen LogP) is -8.11. The molecule has 19 atom stereocenters. The quantitative estimate of drug-likeness (QED) is 0.0164. The third kappa shape index (κ3) is 18.2. The minimum Gasteiger partial charge on any atom is -0.394 e. The highest BCUT2D eigenvalue weighted by molar-refractivity contribution is 7.14. The van der Waals surface area contributed by atoms with Crippen molar-refractivity contribution in [3.8, 4) is 10.7 Å². The van der Waals surface area contributed by atoms with Crippen LogP contribution in [0.4, 0.5) is 5.82 Å². The molecule has 496 valence electrons. The maximum Gasteiger partial charge on any atom is 0.271 e. The van der Waals surface area contributed by atoms with Crippen LogP contribution < -0.4 is 60.6 Å². The lowest BCUT2D eigenvalue weighted by Gasteiger charge is -2.46. The topological polar surface area (TPSA) is 625 Å². The van der Waals surface area contributed by atoms with E-state index in [1.165, 1.54) is 51.3 Å². The van der Waals surface area contributed by atoms with Crippen LogP contribution in [0.5, 0.6) is 0 Å². The molecule has 2 saturated heterocycles. The van der Waals surface area contributed by atoms with Gasteiger partial charge < -0.3 is 125 Å². The Bertz CT molecular complexity index is 3140. The molecular weight excluding hydrogens is 1230 g/mol. The Balaban J connectivity index is 1.26. The van der Waals surface area contributed by atoms with Crippen molar-refractivity contribution in [3.63, 3.8) is 0 Å². The largest absolute Gasteiger partial charge is 0.394 e. The van der Waals surface area contributed by atoms with Crippen molar-refractivity contribution in [3.05, 3.63) is 56.8 Å². The number of H-pyrrole nitrogens is 1. The van der Waals surface area contributed by atoms with Gasteiger partial charge in [0.05, 0.1) is 78.7 Å². The van der Waals surface area contributed by atoms with E-state index in [4.69, 9.17) is 53.0 Å². The molecule has 0 aliphatic carbocycles. The van der Waals surface area contributed by atoms with Gasteiger partial charge in [0.1, 0.15) is 100 Å². The summed E-state index contributed by atoms with van der Waals surface area (Å²) < 4.78 is 23.8. The molecule has 2 aliphatic rings. The first-order valence-corrected chi connectivity index (χ1v) is 29.6. The number of rotatable bonds is 31. The molecular formula is C51H76N18O19S2. The number of thiazole rings is 2. The van der Waals surface area contributed by atoms with Crippen LogP contribution in [0.25, 0.3) is 10.7 Å². The minimum absolute atomic E-state index is 0.0207. The number of hydrogen-bond donors (Lipinski definition) is 21. The molecule has 0 saturated carbocycles. The number of amides is 7. The van der Waals surface area contributed by atoms with Crippen LogP contribution in [0.2, 0.25) is 0 Å². The van der Waals surface area contributed by atoms with E-state index in [2.05, 4.69) is 61.8 Å². The summed E-state index contributed by atoms with van der Waals surface area (Å²) in [7, 11) is 0. The zero-order valence-corrected chi connectivity index (χ0v) is 50.7. The van der Waals surface area contributed by atoms with E-state index in [1.807, 2.05) is 0 Å². The second-order valence-corrected chi connectivity index (χ2v) is 23.1. The lowest BCUT2D eigenvalue weighted by Crippen LogP contribution is -2.64. The van der Waals surface area contributed by atoms with Gasteiger partial charge in [-0.1, -0.05) is 6.92 Å². The molecule has 0 bridgehead atoms. The van der Waals surface area contributed by atoms with Gasteiger partial charge in [0.25, 0.3) is 11.8 Å². The van der Waals surface area contributed by atoms with Gasteiger partial charge in [-0.15, -0.1) is 22.7 Å². The summed E-state index contributed by atoms with van der Waals surface area (Å²) >= 11 is 2.40. The molecule has 6 unspecified atom stereocenters. The van der Waals surface area contributed by atoms with Gasteiger partial charge in [-0.25, -0.2) is 24.9 Å². The van der Waals surface area contributed by atoms with Crippen molar-refractivity contribution in [2.45, 2.75) is 157 Å². The number of nitrogens with one attached hydrogen (secondary N) is 8. The molecule has 37 nitrogen and oxygen atoms in total. The SMILES string of the molecule is Cc1c(N)nc([C@H](CC(N)=O)NC[C@H](N)C(N)=O)nc1C(=O)N[C@H](C(=O)N[C@H](C)[C@@H](O)[C@H](C)C(=O)N[C@H](C(=O)NCCc1nc(-c2nc(C(=O)NCC(=N)N)cs2)cs1)[C@@H](C)O)[C@@H](O[C@@H]1OC(CO)[C@@H](O)C(O)C1O[C@H]1OC(C)[C@@H](O)C(O)C1O)c1cnc[nH]1. The Labute approximate surface area is 520 Å². The first kappa shape index (κ1) is 71.6. The van der Waals surface area contributed by atoms with Crippen molar-refractivity contribution in [1.82, 2.24) is 61.8 Å². The summed E-state index contributed by atoms with van der Waals surface area (Å²) in [4.78, 5) is 118. The van der Waals surface area contributed by atoms with E-state index in [0.717, 1.165) is 23.9 Å². The Kier molecular flexibility index (Phi) is 25.5. The molecule has 2 fully saturated rings. The highest BCUT2D eigenvalue weighted by Crippen LogP contribution is 2.34. The van der Waals surface area contributed by atoms with Crippen molar-refractivity contribution in [2.75, 3.05) is 32.0 Å². The number of aliphatic hydroxyl groups excluding tert-OH is 8. The third-order valence-electron chi connectivity index (χ3n) is 14.4. The molecule has 2 aliphatic heterocycles. The van der Waals surface area contributed by atoms with E-state index in [1.54, 1.807) is 5.38 Å². The zero-order chi connectivity index (χ0) is 66.6. The average Bonchev–Trinajstić information content (AvgIpc) is 0.871. The summed E-state index contributed by atoms with van der Waals surface area (Å²) in [5, 5.41) is 114. The number of aliphatic hydroxyl groups is 8. The molecule has 90 heavy (non-hydrogen) atoms. The molecule has 7 amide bonds. The Hall–Kier alpha value is -7.45. The molecule has 6 heterocycles. The number of aromatic nitrogens is 6. The smallest absolute Gasteiger partial charge is 0.271 e. The molecule has 4 aromatic rings. The molecule has 0 radical (unpaired) electrons. The first-order chi connectivity index (χ1) is 42.4.